The topological polar surface area (TPSA) is 118 Å². The molecule has 0 saturated carbocycles. The summed E-state index contributed by atoms with van der Waals surface area (Å²) in [6, 6.07) is 2.07. The Morgan fingerprint density at radius 2 is 2.12 bits per heavy atom. The third-order valence-electron chi connectivity index (χ3n) is 2.27. The first-order valence-electron chi connectivity index (χ1n) is 4.53. The van der Waals surface area contributed by atoms with Crippen LogP contribution in [0, 0.1) is 17.0 Å². The van der Waals surface area contributed by atoms with Crippen LogP contribution in [0.1, 0.15) is 27.6 Å². The van der Waals surface area contributed by atoms with Crippen LogP contribution < -0.4 is 0 Å². The highest BCUT2D eigenvalue weighted by atomic mass is 16.6. The molecule has 0 bridgehead atoms. The summed E-state index contributed by atoms with van der Waals surface area (Å²) < 4.78 is 0. The van der Waals surface area contributed by atoms with Crippen molar-refractivity contribution >= 4 is 17.9 Å². The summed E-state index contributed by atoms with van der Waals surface area (Å²) in [5.74, 6) is -1.51. The van der Waals surface area contributed by atoms with Gasteiger partial charge < -0.3 is 10.2 Å². The fourth-order valence-corrected chi connectivity index (χ4v) is 1.42. The molecule has 1 atom stereocenters. The van der Waals surface area contributed by atoms with E-state index in [1.165, 1.54) is 13.0 Å². The third-order valence-corrected chi connectivity index (χ3v) is 2.27. The minimum absolute atomic E-state index is 0.102. The van der Waals surface area contributed by atoms with E-state index in [-0.39, 0.29) is 11.1 Å². The number of hydrogen-bond acceptors (Lipinski definition) is 5. The van der Waals surface area contributed by atoms with Crippen LogP contribution >= 0.6 is 0 Å². The number of carbonyl (C=O) groups excluding carboxylic acids is 1. The van der Waals surface area contributed by atoms with Gasteiger partial charge in [0.15, 0.2) is 12.4 Å². The molecule has 0 heterocycles. The molecule has 0 aromatic heterocycles. The van der Waals surface area contributed by atoms with Crippen LogP contribution in [0.2, 0.25) is 0 Å². The van der Waals surface area contributed by atoms with Gasteiger partial charge in [0, 0.05) is 11.6 Å². The fraction of sp³-hybridized carbons (Fsp3) is 0.200. The summed E-state index contributed by atoms with van der Waals surface area (Å²) in [7, 11) is 0. The van der Waals surface area contributed by atoms with E-state index in [1.807, 2.05) is 0 Å². The number of nitro benzene ring substituents is 1. The average Bonchev–Trinajstić information content (AvgIpc) is 2.27. The largest absolute Gasteiger partial charge is 0.479 e. The number of aliphatic carboxylic acids is 1. The van der Waals surface area contributed by atoms with Crippen molar-refractivity contribution in [1.29, 1.82) is 0 Å². The highest BCUT2D eigenvalue weighted by Gasteiger charge is 2.23. The molecule has 2 N–H and O–H groups in total. The quantitative estimate of drug-likeness (QED) is 0.456. The van der Waals surface area contributed by atoms with Gasteiger partial charge in [-0.25, -0.2) is 4.79 Å². The molecule has 1 rings (SSSR count). The van der Waals surface area contributed by atoms with Crippen molar-refractivity contribution in [3.05, 3.63) is 38.9 Å². The van der Waals surface area contributed by atoms with Crippen LogP contribution in [0.5, 0.6) is 0 Å². The van der Waals surface area contributed by atoms with Crippen molar-refractivity contribution in [3.63, 3.8) is 0 Å². The summed E-state index contributed by atoms with van der Waals surface area (Å²) in [6.07, 6.45) is -1.54. The van der Waals surface area contributed by atoms with E-state index in [4.69, 9.17) is 5.11 Å². The van der Waals surface area contributed by atoms with Crippen molar-refractivity contribution in [2.45, 2.75) is 13.0 Å². The number of rotatable bonds is 4. The van der Waals surface area contributed by atoms with Gasteiger partial charge in [0.2, 0.25) is 0 Å². The minimum Gasteiger partial charge on any atom is -0.479 e. The summed E-state index contributed by atoms with van der Waals surface area (Å²) >= 11 is 0. The molecule has 0 aliphatic carbocycles. The Morgan fingerprint density at radius 3 is 2.53 bits per heavy atom. The Labute approximate surface area is 95.5 Å². The zero-order valence-corrected chi connectivity index (χ0v) is 8.78. The van der Waals surface area contributed by atoms with Crippen molar-refractivity contribution < 1.29 is 24.7 Å². The molecule has 0 aliphatic rings. The van der Waals surface area contributed by atoms with E-state index < -0.39 is 22.7 Å². The molecule has 1 unspecified atom stereocenters. The van der Waals surface area contributed by atoms with Gasteiger partial charge in [-0.2, -0.15) is 0 Å². The van der Waals surface area contributed by atoms with Gasteiger partial charge in [-0.3, -0.25) is 14.9 Å². The van der Waals surface area contributed by atoms with Crippen LogP contribution in [-0.4, -0.2) is 27.4 Å². The number of hydrogen-bond donors (Lipinski definition) is 2. The van der Waals surface area contributed by atoms with Crippen LogP contribution in [0.15, 0.2) is 12.1 Å². The number of carboxylic acid groups (broad SMARTS) is 1. The number of carboxylic acids is 1. The van der Waals surface area contributed by atoms with E-state index >= 15 is 0 Å². The molecule has 7 nitrogen and oxygen atoms in total. The monoisotopic (exact) mass is 239 g/mol. The maximum absolute atomic E-state index is 10.7. The van der Waals surface area contributed by atoms with Gasteiger partial charge in [0.1, 0.15) is 0 Å². The lowest BCUT2D eigenvalue weighted by Crippen LogP contribution is -2.12. The van der Waals surface area contributed by atoms with Crippen LogP contribution in [0.4, 0.5) is 5.69 Å². The van der Waals surface area contributed by atoms with E-state index in [0.717, 1.165) is 6.07 Å². The maximum atomic E-state index is 10.7. The van der Waals surface area contributed by atoms with Crippen molar-refractivity contribution in [2.75, 3.05) is 0 Å². The average molecular weight is 239 g/mol. The summed E-state index contributed by atoms with van der Waals surface area (Å²) in [4.78, 5) is 31.1. The van der Waals surface area contributed by atoms with E-state index in [9.17, 15) is 24.8 Å². The standard InChI is InChI=1S/C10H9NO6/c1-5-2-6(4-12)8(11(16)17)3-7(5)9(13)10(14)15/h2-4,9,13H,1H3,(H,14,15). The second kappa shape index (κ2) is 4.71. The number of nitrogens with zero attached hydrogens (tertiary/aromatic N) is 1. The Morgan fingerprint density at radius 1 is 1.53 bits per heavy atom. The molecule has 17 heavy (non-hydrogen) atoms. The Hall–Kier alpha value is -2.28. The number of aryl methyl sites for hydroxylation is 1. The lowest BCUT2D eigenvalue weighted by Gasteiger charge is -2.10. The van der Waals surface area contributed by atoms with Crippen LogP contribution in [-0.2, 0) is 4.79 Å². The van der Waals surface area contributed by atoms with Gasteiger partial charge in [-0.1, -0.05) is 0 Å². The molecular weight excluding hydrogens is 230 g/mol. The zero-order chi connectivity index (χ0) is 13.2. The fourth-order valence-electron chi connectivity index (χ4n) is 1.42. The normalized spacial score (nSPS) is 11.9. The lowest BCUT2D eigenvalue weighted by atomic mass is 9.99. The first kappa shape index (κ1) is 12.8. The summed E-state index contributed by atoms with van der Waals surface area (Å²) in [6.45, 7) is 1.46. The Bertz CT molecular complexity index is 496. The van der Waals surface area contributed by atoms with Gasteiger partial charge >= 0.3 is 5.97 Å². The molecule has 0 aliphatic heterocycles. The summed E-state index contributed by atoms with van der Waals surface area (Å²) in [5, 5.41) is 28.6. The molecular formula is C10H9NO6. The third kappa shape index (κ3) is 2.45. The van der Waals surface area contributed by atoms with Crippen molar-refractivity contribution in [3.8, 4) is 0 Å². The number of carbonyl (C=O) groups is 2. The molecule has 90 valence electrons. The molecule has 1 aromatic rings. The molecule has 0 fully saturated rings. The summed E-state index contributed by atoms with van der Waals surface area (Å²) in [5.41, 5.74) is -0.489. The van der Waals surface area contributed by atoms with E-state index in [2.05, 4.69) is 0 Å². The first-order valence-corrected chi connectivity index (χ1v) is 4.53. The van der Waals surface area contributed by atoms with Gasteiger partial charge in [0.05, 0.1) is 10.5 Å². The Kier molecular flexibility index (Phi) is 3.54. The number of nitro groups is 1. The molecule has 0 amide bonds. The number of benzene rings is 1. The minimum atomic E-state index is -1.85. The predicted molar refractivity (Wildman–Crippen MR) is 55.8 cm³/mol. The number of aliphatic hydroxyl groups is 1. The van der Waals surface area contributed by atoms with Crippen molar-refractivity contribution in [1.82, 2.24) is 0 Å². The highest BCUT2D eigenvalue weighted by molar-refractivity contribution is 5.83. The molecule has 7 heteroatoms. The zero-order valence-electron chi connectivity index (χ0n) is 8.78. The predicted octanol–water partition coefficient (Wildman–Crippen LogP) is 0.834. The maximum Gasteiger partial charge on any atom is 0.337 e. The molecule has 0 saturated heterocycles. The van der Waals surface area contributed by atoms with Gasteiger partial charge in [0.25, 0.3) is 5.69 Å². The van der Waals surface area contributed by atoms with Crippen LogP contribution in [0.3, 0.4) is 0 Å². The highest BCUT2D eigenvalue weighted by Crippen LogP contribution is 2.26. The Balaban J connectivity index is 3.44. The SMILES string of the molecule is Cc1cc(C=O)c([N+](=O)[O-])cc1C(O)C(=O)O. The second-order valence-corrected chi connectivity index (χ2v) is 3.38. The molecule has 1 aromatic carbocycles. The number of aldehydes is 1. The molecule has 0 radical (unpaired) electrons. The van der Waals surface area contributed by atoms with Gasteiger partial charge in [-0.15, -0.1) is 0 Å². The first-order chi connectivity index (χ1) is 7.88. The second-order valence-electron chi connectivity index (χ2n) is 3.38. The van der Waals surface area contributed by atoms with Crippen molar-refractivity contribution in [2.24, 2.45) is 0 Å². The van der Waals surface area contributed by atoms with E-state index in [1.54, 1.807) is 0 Å². The van der Waals surface area contributed by atoms with Gasteiger partial charge in [-0.05, 0) is 18.6 Å². The molecule has 0 spiro atoms. The lowest BCUT2D eigenvalue weighted by molar-refractivity contribution is -0.385. The van der Waals surface area contributed by atoms with Crippen LogP contribution in [0.25, 0.3) is 0 Å². The number of aliphatic hydroxyl groups excluding tert-OH is 1. The van der Waals surface area contributed by atoms with E-state index in [0.29, 0.717) is 11.8 Å². The smallest absolute Gasteiger partial charge is 0.337 e.